The van der Waals surface area contributed by atoms with Gasteiger partial charge in [-0.1, -0.05) is 30.9 Å². The molecule has 0 spiro atoms. The average molecular weight is 367 g/mol. The van der Waals surface area contributed by atoms with Crippen molar-refractivity contribution in [2.75, 3.05) is 13.1 Å². The van der Waals surface area contributed by atoms with Gasteiger partial charge in [-0.3, -0.25) is 4.90 Å². The lowest BCUT2D eigenvalue weighted by molar-refractivity contribution is 0.0695. The Hall–Kier alpha value is -1.32. The molecular weight excluding hydrogens is 332 g/mol. The van der Waals surface area contributed by atoms with E-state index in [1.165, 1.54) is 85.8 Å². The van der Waals surface area contributed by atoms with E-state index in [4.69, 9.17) is 0 Å². The summed E-state index contributed by atoms with van der Waals surface area (Å²) < 4.78 is 2.54. The molecule has 27 heavy (non-hydrogen) atoms. The molecule has 146 valence electrons. The van der Waals surface area contributed by atoms with Gasteiger partial charge < -0.3 is 9.67 Å². The maximum absolute atomic E-state index is 11.1. The minimum atomic E-state index is -0.202. The van der Waals surface area contributed by atoms with Crippen molar-refractivity contribution in [2.45, 2.75) is 83.9 Å². The van der Waals surface area contributed by atoms with Gasteiger partial charge in [-0.25, -0.2) is 0 Å². The fourth-order valence-electron chi connectivity index (χ4n) is 6.33. The number of aryl methyl sites for hydroxylation is 2. The SMILES string of the molecule is Cc1cc(C)c2c(c1)c1c(n2C[C@H](O)C2CCCCC2)CCN2CCC[C@H]12. The molecule has 3 nitrogen and oxygen atoms in total. The van der Waals surface area contributed by atoms with Crippen LogP contribution in [0.15, 0.2) is 12.1 Å². The lowest BCUT2D eigenvalue weighted by Crippen LogP contribution is -2.33. The number of aromatic nitrogens is 1. The Morgan fingerprint density at radius 2 is 1.85 bits per heavy atom. The number of benzene rings is 1. The van der Waals surface area contributed by atoms with Gasteiger partial charge in [0.1, 0.15) is 0 Å². The summed E-state index contributed by atoms with van der Waals surface area (Å²) in [6.45, 7) is 7.71. The highest BCUT2D eigenvalue weighted by molar-refractivity contribution is 5.89. The van der Waals surface area contributed by atoms with Crippen LogP contribution in [0.25, 0.3) is 10.9 Å². The van der Waals surface area contributed by atoms with Crippen molar-refractivity contribution in [3.05, 3.63) is 34.5 Å². The summed E-state index contributed by atoms with van der Waals surface area (Å²) in [5.74, 6) is 0.490. The van der Waals surface area contributed by atoms with Crippen LogP contribution in [-0.4, -0.2) is 33.8 Å². The van der Waals surface area contributed by atoms with Gasteiger partial charge in [0.15, 0.2) is 0 Å². The molecule has 3 aliphatic rings. The molecule has 2 aromatic rings. The minimum Gasteiger partial charge on any atom is -0.391 e. The zero-order chi connectivity index (χ0) is 18.5. The average Bonchev–Trinajstić information content (AvgIpc) is 3.25. The van der Waals surface area contributed by atoms with Crippen LogP contribution < -0.4 is 0 Å². The van der Waals surface area contributed by atoms with E-state index in [-0.39, 0.29) is 6.10 Å². The highest BCUT2D eigenvalue weighted by Gasteiger charge is 2.36. The van der Waals surface area contributed by atoms with Crippen LogP contribution >= 0.6 is 0 Å². The number of hydrogen-bond acceptors (Lipinski definition) is 2. The molecule has 1 saturated heterocycles. The van der Waals surface area contributed by atoms with Gasteiger partial charge in [-0.2, -0.15) is 0 Å². The van der Waals surface area contributed by atoms with Crippen LogP contribution in [-0.2, 0) is 13.0 Å². The third kappa shape index (κ3) is 2.94. The molecule has 2 aliphatic heterocycles. The normalized spacial score (nSPS) is 24.9. The first-order valence-electron chi connectivity index (χ1n) is 11.2. The summed E-state index contributed by atoms with van der Waals surface area (Å²) in [4.78, 5) is 2.70. The van der Waals surface area contributed by atoms with Crippen molar-refractivity contribution in [1.29, 1.82) is 0 Å². The molecule has 0 unspecified atom stereocenters. The number of nitrogens with zero attached hydrogens (tertiary/aromatic N) is 2. The predicted molar refractivity (Wildman–Crippen MR) is 111 cm³/mol. The maximum Gasteiger partial charge on any atom is 0.0747 e. The summed E-state index contributed by atoms with van der Waals surface area (Å²) in [6.07, 6.45) is 9.90. The molecule has 1 aromatic carbocycles. The van der Waals surface area contributed by atoms with Crippen LogP contribution in [0.2, 0.25) is 0 Å². The van der Waals surface area contributed by atoms with Crippen molar-refractivity contribution in [2.24, 2.45) is 5.92 Å². The van der Waals surface area contributed by atoms with E-state index in [0.717, 1.165) is 13.0 Å². The number of fused-ring (bicyclic) bond motifs is 5. The van der Waals surface area contributed by atoms with Crippen LogP contribution in [0, 0.1) is 19.8 Å². The molecule has 3 heteroatoms. The van der Waals surface area contributed by atoms with E-state index in [1.54, 1.807) is 5.56 Å². The Labute approximate surface area is 163 Å². The van der Waals surface area contributed by atoms with E-state index in [2.05, 4.69) is 35.4 Å². The molecule has 2 fully saturated rings. The maximum atomic E-state index is 11.1. The lowest BCUT2D eigenvalue weighted by atomic mass is 9.85. The topological polar surface area (TPSA) is 28.4 Å². The van der Waals surface area contributed by atoms with Crippen molar-refractivity contribution in [3.8, 4) is 0 Å². The molecule has 2 atom stereocenters. The number of aliphatic hydroxyl groups is 1. The van der Waals surface area contributed by atoms with Crippen LogP contribution in [0.5, 0.6) is 0 Å². The zero-order valence-corrected chi connectivity index (χ0v) is 17.0. The zero-order valence-electron chi connectivity index (χ0n) is 17.0. The van der Waals surface area contributed by atoms with Crippen LogP contribution in [0.1, 0.15) is 73.4 Å². The number of rotatable bonds is 3. The van der Waals surface area contributed by atoms with Gasteiger partial charge in [-0.05, 0) is 69.2 Å². The number of aliphatic hydroxyl groups excluding tert-OH is 1. The second-order valence-electron chi connectivity index (χ2n) is 9.36. The van der Waals surface area contributed by atoms with E-state index in [9.17, 15) is 5.11 Å². The van der Waals surface area contributed by atoms with E-state index in [0.29, 0.717) is 12.0 Å². The lowest BCUT2D eigenvalue weighted by Gasteiger charge is -2.32. The molecule has 0 bridgehead atoms. The highest BCUT2D eigenvalue weighted by atomic mass is 16.3. The predicted octanol–water partition coefficient (Wildman–Crippen LogP) is 4.89. The summed E-state index contributed by atoms with van der Waals surface area (Å²) >= 11 is 0. The standard InChI is InChI=1S/C24H34N2O/c1-16-13-17(2)24-19(14-16)23-20-9-6-11-25(20)12-10-21(23)26(24)15-22(27)18-7-4-3-5-8-18/h13-14,18,20,22,27H,3-12,15H2,1-2H3/t20-,22+/m1/s1. The summed E-state index contributed by atoms with van der Waals surface area (Å²) in [6, 6.07) is 5.33. The quantitative estimate of drug-likeness (QED) is 0.837. The van der Waals surface area contributed by atoms with Crippen LogP contribution in [0.3, 0.4) is 0 Å². The molecular formula is C24H34N2O. The Bertz CT molecular complexity index is 846. The van der Waals surface area contributed by atoms with Gasteiger partial charge in [0, 0.05) is 36.6 Å². The third-order valence-corrected chi connectivity index (χ3v) is 7.54. The first kappa shape index (κ1) is 17.8. The van der Waals surface area contributed by atoms with Gasteiger partial charge in [0.25, 0.3) is 0 Å². The molecule has 0 amide bonds. The van der Waals surface area contributed by atoms with Crippen molar-refractivity contribution >= 4 is 10.9 Å². The smallest absolute Gasteiger partial charge is 0.0747 e. The van der Waals surface area contributed by atoms with Crippen molar-refractivity contribution < 1.29 is 5.11 Å². The van der Waals surface area contributed by atoms with E-state index >= 15 is 0 Å². The highest BCUT2D eigenvalue weighted by Crippen LogP contribution is 2.44. The molecule has 1 saturated carbocycles. The molecule has 5 rings (SSSR count). The number of hydrogen-bond donors (Lipinski definition) is 1. The Morgan fingerprint density at radius 1 is 1.04 bits per heavy atom. The van der Waals surface area contributed by atoms with E-state index < -0.39 is 0 Å². The second kappa shape index (κ2) is 6.93. The Kier molecular flexibility index (Phi) is 4.56. The molecule has 1 N–H and O–H groups in total. The largest absolute Gasteiger partial charge is 0.391 e. The molecule has 3 heterocycles. The fraction of sp³-hybridized carbons (Fsp3) is 0.667. The van der Waals surface area contributed by atoms with E-state index in [1.807, 2.05) is 0 Å². The fourth-order valence-corrected chi connectivity index (χ4v) is 6.33. The molecule has 0 radical (unpaired) electrons. The Morgan fingerprint density at radius 3 is 2.67 bits per heavy atom. The first-order valence-corrected chi connectivity index (χ1v) is 11.2. The minimum absolute atomic E-state index is 0.202. The second-order valence-corrected chi connectivity index (χ2v) is 9.36. The molecule has 1 aliphatic carbocycles. The summed E-state index contributed by atoms with van der Waals surface area (Å²) in [7, 11) is 0. The molecule has 1 aromatic heterocycles. The summed E-state index contributed by atoms with van der Waals surface area (Å²) in [5.41, 5.74) is 7.25. The monoisotopic (exact) mass is 366 g/mol. The summed E-state index contributed by atoms with van der Waals surface area (Å²) in [5, 5.41) is 12.6. The first-order chi connectivity index (χ1) is 13.1. The third-order valence-electron chi connectivity index (χ3n) is 7.54. The van der Waals surface area contributed by atoms with Crippen molar-refractivity contribution in [1.82, 2.24) is 9.47 Å². The van der Waals surface area contributed by atoms with Gasteiger partial charge in [0.2, 0.25) is 0 Å². The van der Waals surface area contributed by atoms with Gasteiger partial charge in [-0.15, -0.1) is 0 Å². The van der Waals surface area contributed by atoms with Crippen molar-refractivity contribution in [3.63, 3.8) is 0 Å². The Balaban J connectivity index is 1.61. The van der Waals surface area contributed by atoms with Crippen LogP contribution in [0.4, 0.5) is 0 Å². The van der Waals surface area contributed by atoms with Gasteiger partial charge in [0.05, 0.1) is 11.6 Å². The van der Waals surface area contributed by atoms with Gasteiger partial charge >= 0.3 is 0 Å².